The molecule has 4 bridgehead atoms. The van der Waals surface area contributed by atoms with Crippen LogP contribution in [0.15, 0.2) is 23.9 Å². The third-order valence-electron chi connectivity index (χ3n) is 7.85. The van der Waals surface area contributed by atoms with E-state index in [2.05, 4.69) is 25.1 Å². The normalized spacial score (nSPS) is 33.7. The van der Waals surface area contributed by atoms with Crippen LogP contribution >= 0.6 is 0 Å². The van der Waals surface area contributed by atoms with Crippen molar-refractivity contribution in [3.8, 4) is 11.5 Å². The largest absolute Gasteiger partial charge is 0.493 e. The van der Waals surface area contributed by atoms with Crippen molar-refractivity contribution in [3.05, 3.63) is 29.5 Å². The summed E-state index contributed by atoms with van der Waals surface area (Å²) in [7, 11) is 5.23. The van der Waals surface area contributed by atoms with Gasteiger partial charge in [0.15, 0.2) is 11.5 Å². The average Bonchev–Trinajstić information content (AvgIpc) is 3.07. The Morgan fingerprint density at radius 1 is 1.23 bits per heavy atom. The summed E-state index contributed by atoms with van der Waals surface area (Å²) in [4.78, 5) is 31.1. The summed E-state index contributed by atoms with van der Waals surface area (Å²) < 4.78 is 17.3. The molecule has 5 rings (SSSR count). The topological polar surface area (TPSA) is 68.3 Å². The number of hydrogen-bond acceptors (Lipinski definition) is 6. The molecule has 1 saturated heterocycles. The van der Waals surface area contributed by atoms with Crippen LogP contribution in [0.2, 0.25) is 0 Å². The second-order valence-corrected chi connectivity index (χ2v) is 9.26. The van der Waals surface area contributed by atoms with Gasteiger partial charge in [0.25, 0.3) is 0 Å². The van der Waals surface area contributed by atoms with Gasteiger partial charge in [0.05, 0.1) is 44.1 Å². The lowest BCUT2D eigenvalue weighted by atomic mass is 9.56. The van der Waals surface area contributed by atoms with E-state index in [9.17, 15) is 9.59 Å². The molecule has 1 saturated carbocycles. The Labute approximate surface area is 182 Å². The lowest BCUT2D eigenvalue weighted by Gasteiger charge is -2.51. The van der Waals surface area contributed by atoms with E-state index in [4.69, 9.17) is 14.2 Å². The molecular weight excluding hydrogens is 396 g/mol. The first-order valence-corrected chi connectivity index (χ1v) is 11.0. The molecule has 3 aliphatic heterocycles. The van der Waals surface area contributed by atoms with Crippen molar-refractivity contribution < 1.29 is 23.8 Å². The Morgan fingerprint density at radius 3 is 2.61 bits per heavy atom. The molecule has 0 spiro atoms. The lowest BCUT2D eigenvalue weighted by molar-refractivity contribution is -0.134. The molecule has 31 heavy (non-hydrogen) atoms. The molecule has 5 atom stereocenters. The van der Waals surface area contributed by atoms with Gasteiger partial charge >= 0.3 is 0 Å². The van der Waals surface area contributed by atoms with Gasteiger partial charge in [-0.25, -0.2) is 0 Å². The van der Waals surface area contributed by atoms with Gasteiger partial charge in [0.1, 0.15) is 5.78 Å². The fraction of sp³-hybridized carbons (Fsp3) is 0.583. The monoisotopic (exact) mass is 426 g/mol. The maximum atomic E-state index is 14.0. The molecule has 7 heteroatoms. The summed E-state index contributed by atoms with van der Waals surface area (Å²) in [5.74, 6) is 1.42. The molecule has 0 N–H and O–H groups in total. The molecule has 166 valence electrons. The molecule has 0 aromatic heterocycles. The predicted octanol–water partition coefficient (Wildman–Crippen LogP) is 2.52. The summed E-state index contributed by atoms with van der Waals surface area (Å²) in [6.45, 7) is 4.90. The quantitative estimate of drug-likeness (QED) is 0.724. The Hall–Kier alpha value is -2.54. The van der Waals surface area contributed by atoms with Crippen molar-refractivity contribution in [1.82, 2.24) is 4.90 Å². The van der Waals surface area contributed by atoms with Gasteiger partial charge in [-0.15, -0.1) is 0 Å². The van der Waals surface area contributed by atoms with Crippen LogP contribution in [-0.4, -0.2) is 63.2 Å². The number of anilines is 1. The molecule has 4 aliphatic rings. The highest BCUT2D eigenvalue weighted by Crippen LogP contribution is 2.60. The fourth-order valence-corrected chi connectivity index (χ4v) is 6.47. The molecule has 1 aliphatic carbocycles. The van der Waals surface area contributed by atoms with Crippen LogP contribution in [-0.2, 0) is 19.7 Å². The number of amides is 1. The standard InChI is InChI=1S/C24H30N2O5/c1-13-16-11-25(3)7-6-24-18-9-20(29-4)21(30-5)10-19(18)26(14(2)27)23(24)17(12-31-13)15(16)8-22(24)28/h9-11,13,15,17,23H,6-8,12H2,1-5H3/t13-,15+,17-,23+,24-/m1/s1. The minimum absolute atomic E-state index is 0.0307. The smallest absolute Gasteiger partial charge is 0.224 e. The van der Waals surface area contributed by atoms with Gasteiger partial charge in [-0.05, 0) is 36.5 Å². The average molecular weight is 427 g/mol. The third kappa shape index (κ3) is 2.62. The van der Waals surface area contributed by atoms with E-state index in [0.717, 1.165) is 23.4 Å². The van der Waals surface area contributed by atoms with Crippen LogP contribution in [0.25, 0.3) is 0 Å². The van der Waals surface area contributed by atoms with Crippen molar-refractivity contribution in [3.63, 3.8) is 0 Å². The van der Waals surface area contributed by atoms with Crippen LogP contribution in [0.1, 0.15) is 32.3 Å². The first-order valence-electron chi connectivity index (χ1n) is 11.0. The number of carbonyl (C=O) groups excluding carboxylic acids is 2. The van der Waals surface area contributed by atoms with Gasteiger partial charge in [0, 0.05) is 45.1 Å². The Morgan fingerprint density at radius 2 is 1.94 bits per heavy atom. The zero-order valence-corrected chi connectivity index (χ0v) is 18.8. The highest BCUT2D eigenvalue weighted by atomic mass is 16.5. The molecule has 1 amide bonds. The Bertz CT molecular complexity index is 988. The minimum atomic E-state index is -0.775. The van der Waals surface area contributed by atoms with Crippen LogP contribution in [0, 0.1) is 11.8 Å². The number of rotatable bonds is 2. The molecule has 2 fully saturated rings. The molecule has 3 heterocycles. The summed E-state index contributed by atoms with van der Waals surface area (Å²) in [5, 5.41) is 0. The number of ether oxygens (including phenoxy) is 3. The molecule has 0 radical (unpaired) electrons. The van der Waals surface area contributed by atoms with Crippen LogP contribution in [0.4, 0.5) is 5.69 Å². The number of methoxy groups -OCH3 is 2. The lowest BCUT2D eigenvalue weighted by Crippen LogP contribution is -2.63. The summed E-state index contributed by atoms with van der Waals surface area (Å²) in [6, 6.07) is 3.50. The molecule has 0 unspecified atom stereocenters. The number of carbonyl (C=O) groups is 2. The SMILES string of the molecule is COc1cc2c(cc1OC)[C@@]13CCN(C)C=C4[C@@H](C)OC[C@@H]([C@@H]1N2C(C)=O)[C@H]4CC3=O. The van der Waals surface area contributed by atoms with Crippen LogP contribution < -0.4 is 14.4 Å². The van der Waals surface area contributed by atoms with Gasteiger partial charge in [-0.1, -0.05) is 0 Å². The maximum absolute atomic E-state index is 14.0. The fourth-order valence-electron chi connectivity index (χ4n) is 6.47. The van der Waals surface area contributed by atoms with E-state index in [1.165, 1.54) is 0 Å². The summed E-state index contributed by atoms with van der Waals surface area (Å²) >= 11 is 0. The summed E-state index contributed by atoms with van der Waals surface area (Å²) in [6.07, 6.45) is 3.26. The number of hydrogen-bond donors (Lipinski definition) is 0. The van der Waals surface area contributed by atoms with Crippen LogP contribution in [0.5, 0.6) is 11.5 Å². The molecular formula is C24H30N2O5. The summed E-state index contributed by atoms with van der Waals surface area (Å²) in [5.41, 5.74) is 2.03. The second kappa shape index (κ2) is 6.99. The number of nitrogens with zero attached hydrogens (tertiary/aromatic N) is 2. The molecule has 7 nitrogen and oxygen atoms in total. The second-order valence-electron chi connectivity index (χ2n) is 9.26. The Kier molecular flexibility index (Phi) is 4.59. The molecule has 1 aromatic carbocycles. The maximum Gasteiger partial charge on any atom is 0.224 e. The van der Waals surface area contributed by atoms with Crippen molar-refractivity contribution in [2.24, 2.45) is 11.8 Å². The van der Waals surface area contributed by atoms with E-state index >= 15 is 0 Å². The van der Waals surface area contributed by atoms with Crippen molar-refractivity contribution in [1.29, 1.82) is 0 Å². The highest BCUT2D eigenvalue weighted by Gasteiger charge is 2.64. The number of Topliss-reactive ketones (excluding diaryl/α,β-unsaturated/α-hetero) is 1. The first-order chi connectivity index (χ1) is 14.8. The van der Waals surface area contributed by atoms with Crippen molar-refractivity contribution in [2.45, 2.75) is 44.2 Å². The van der Waals surface area contributed by atoms with E-state index in [0.29, 0.717) is 30.9 Å². The van der Waals surface area contributed by atoms with E-state index in [1.807, 2.05) is 17.0 Å². The van der Waals surface area contributed by atoms with E-state index in [1.54, 1.807) is 21.1 Å². The van der Waals surface area contributed by atoms with E-state index < -0.39 is 5.41 Å². The van der Waals surface area contributed by atoms with Gasteiger partial charge in [0.2, 0.25) is 5.91 Å². The zero-order chi connectivity index (χ0) is 22.1. The van der Waals surface area contributed by atoms with Gasteiger partial charge < -0.3 is 24.0 Å². The van der Waals surface area contributed by atoms with Crippen LogP contribution in [0.3, 0.4) is 0 Å². The van der Waals surface area contributed by atoms with Gasteiger partial charge in [-0.3, -0.25) is 9.59 Å². The zero-order valence-electron chi connectivity index (χ0n) is 18.8. The highest BCUT2D eigenvalue weighted by molar-refractivity contribution is 6.05. The predicted molar refractivity (Wildman–Crippen MR) is 116 cm³/mol. The van der Waals surface area contributed by atoms with Crippen molar-refractivity contribution >= 4 is 17.4 Å². The Balaban J connectivity index is 1.79. The minimum Gasteiger partial charge on any atom is -0.493 e. The number of benzene rings is 1. The number of fused-ring (bicyclic) bond motifs is 1. The molecule has 1 aromatic rings. The van der Waals surface area contributed by atoms with Crippen molar-refractivity contribution in [2.75, 3.05) is 39.3 Å². The van der Waals surface area contributed by atoms with Gasteiger partial charge in [-0.2, -0.15) is 0 Å². The number of ketones is 1. The third-order valence-corrected chi connectivity index (χ3v) is 7.85. The van der Waals surface area contributed by atoms with E-state index in [-0.39, 0.29) is 35.7 Å². The first kappa shape index (κ1) is 20.4.